The minimum atomic E-state index is 0. The van der Waals surface area contributed by atoms with Gasteiger partial charge in [0.15, 0.2) is 0 Å². The first-order chi connectivity index (χ1) is 12.2. The van der Waals surface area contributed by atoms with Crippen molar-refractivity contribution in [3.63, 3.8) is 0 Å². The molecule has 25 heavy (non-hydrogen) atoms. The minimum Gasteiger partial charge on any atom is -0.326 e. The number of hydrogen-bond acceptors (Lipinski definition) is 2. The number of anilines is 2. The first-order valence-electron chi connectivity index (χ1n) is 9.01. The van der Waals surface area contributed by atoms with Crippen molar-refractivity contribution in [1.82, 2.24) is 0 Å². The second-order valence-electron chi connectivity index (χ2n) is 6.78. The highest BCUT2D eigenvalue weighted by atomic mass is 16.2. The van der Waals surface area contributed by atoms with Crippen LogP contribution in [0.5, 0.6) is 0 Å². The second kappa shape index (κ2) is 6.71. The van der Waals surface area contributed by atoms with Gasteiger partial charge in [0.25, 0.3) is 0 Å². The van der Waals surface area contributed by atoms with E-state index in [2.05, 4.69) is 29.6 Å². The Balaban J connectivity index is 0.000000146. The summed E-state index contributed by atoms with van der Waals surface area (Å²) in [7, 11) is 0. The van der Waals surface area contributed by atoms with Crippen molar-refractivity contribution in [3.8, 4) is 0 Å². The number of carbonyl (C=O) groups excluding carboxylic acids is 2. The van der Waals surface area contributed by atoms with E-state index in [4.69, 9.17) is 0 Å². The fourth-order valence-electron chi connectivity index (χ4n) is 3.88. The average Bonchev–Trinajstić information content (AvgIpc) is 2.97. The minimum absolute atomic E-state index is 0. The maximum absolute atomic E-state index is 11.5. The van der Waals surface area contributed by atoms with Crippen LogP contribution in [-0.2, 0) is 28.9 Å². The van der Waals surface area contributed by atoms with Crippen LogP contribution in [-0.4, -0.2) is 18.4 Å². The van der Waals surface area contributed by atoms with E-state index in [0.717, 1.165) is 37.9 Å². The molecule has 0 atom stereocenters. The summed E-state index contributed by atoms with van der Waals surface area (Å²) < 4.78 is 0. The Morgan fingerprint density at radius 1 is 0.800 bits per heavy atom. The largest absolute Gasteiger partial charge is 0.326 e. The SMILES string of the molecule is O=C1CCCc2ccccc2N1.O=C1CCc2cccc3c2N1CC3.[HH]. The van der Waals surface area contributed by atoms with Crippen LogP contribution in [0.2, 0.25) is 0 Å². The number of rotatable bonds is 0. The standard InChI is InChI=1S/C11H11NO.C10H11NO.H2/c13-10-5-4-8-2-1-3-9-6-7-12(10)11(8)9;12-10-7-3-5-8-4-1-2-6-9(8)11-10;/h1-3H,4-7H2;1-2,4,6H,3,5,7H2,(H,11,12);1H. The molecule has 0 aliphatic carbocycles. The van der Waals surface area contributed by atoms with E-state index < -0.39 is 0 Å². The van der Waals surface area contributed by atoms with Crippen molar-refractivity contribution in [1.29, 1.82) is 0 Å². The van der Waals surface area contributed by atoms with Gasteiger partial charge in [-0.1, -0.05) is 36.4 Å². The van der Waals surface area contributed by atoms with Crippen LogP contribution in [0.1, 0.15) is 37.4 Å². The highest BCUT2D eigenvalue weighted by Crippen LogP contribution is 2.36. The summed E-state index contributed by atoms with van der Waals surface area (Å²) in [6, 6.07) is 14.4. The van der Waals surface area contributed by atoms with Gasteiger partial charge < -0.3 is 10.2 Å². The smallest absolute Gasteiger partial charge is 0.227 e. The molecule has 2 amide bonds. The van der Waals surface area contributed by atoms with E-state index in [1.807, 2.05) is 23.1 Å². The number of fused-ring (bicyclic) bond motifs is 1. The molecule has 3 aliphatic rings. The predicted octanol–water partition coefficient (Wildman–Crippen LogP) is 3.73. The van der Waals surface area contributed by atoms with Gasteiger partial charge in [-0.25, -0.2) is 0 Å². The van der Waals surface area contributed by atoms with E-state index in [0.29, 0.717) is 18.7 Å². The normalized spacial score (nSPS) is 17.7. The van der Waals surface area contributed by atoms with Gasteiger partial charge in [0, 0.05) is 26.5 Å². The van der Waals surface area contributed by atoms with Crippen LogP contribution in [0.25, 0.3) is 0 Å². The topological polar surface area (TPSA) is 49.4 Å². The molecule has 5 rings (SSSR count). The molecule has 0 saturated carbocycles. The van der Waals surface area contributed by atoms with Gasteiger partial charge in [0.2, 0.25) is 11.8 Å². The summed E-state index contributed by atoms with van der Waals surface area (Å²) in [5.74, 6) is 0.442. The van der Waals surface area contributed by atoms with Gasteiger partial charge in [-0.2, -0.15) is 0 Å². The quantitative estimate of drug-likeness (QED) is 0.797. The maximum atomic E-state index is 11.5. The van der Waals surface area contributed by atoms with Crippen LogP contribution in [0, 0.1) is 0 Å². The lowest BCUT2D eigenvalue weighted by Gasteiger charge is -2.24. The molecule has 4 heteroatoms. The lowest BCUT2D eigenvalue weighted by molar-refractivity contribution is -0.119. The fraction of sp³-hybridized carbons (Fsp3) is 0.333. The molecule has 2 aromatic carbocycles. The van der Waals surface area contributed by atoms with E-state index in [1.54, 1.807) is 0 Å². The maximum Gasteiger partial charge on any atom is 0.227 e. The van der Waals surface area contributed by atoms with Gasteiger partial charge in [-0.3, -0.25) is 9.59 Å². The lowest BCUT2D eigenvalue weighted by Crippen LogP contribution is -2.32. The molecule has 4 nitrogen and oxygen atoms in total. The Labute approximate surface area is 149 Å². The Bertz CT molecular complexity index is 835. The van der Waals surface area contributed by atoms with Crippen LogP contribution >= 0.6 is 0 Å². The highest BCUT2D eigenvalue weighted by molar-refractivity contribution is 5.98. The number of amides is 2. The zero-order valence-corrected chi connectivity index (χ0v) is 14.3. The van der Waals surface area contributed by atoms with Crippen LogP contribution in [0.4, 0.5) is 11.4 Å². The number of nitrogens with one attached hydrogen (secondary N) is 1. The molecule has 1 N–H and O–H groups in total. The molecule has 2 aromatic rings. The second-order valence-corrected chi connectivity index (χ2v) is 6.78. The van der Waals surface area contributed by atoms with Gasteiger partial charge in [0.05, 0.1) is 5.69 Å². The molecule has 0 radical (unpaired) electrons. The summed E-state index contributed by atoms with van der Waals surface area (Å²) >= 11 is 0. The molecule has 0 unspecified atom stereocenters. The monoisotopic (exact) mass is 336 g/mol. The lowest BCUT2D eigenvalue weighted by atomic mass is 10.00. The molecule has 0 fully saturated rings. The van der Waals surface area contributed by atoms with Gasteiger partial charge in [0.1, 0.15) is 0 Å². The van der Waals surface area contributed by atoms with E-state index >= 15 is 0 Å². The first-order valence-corrected chi connectivity index (χ1v) is 9.01. The Hall–Kier alpha value is -2.62. The van der Waals surface area contributed by atoms with Gasteiger partial charge in [-0.05, 0) is 48.4 Å². The van der Waals surface area contributed by atoms with Crippen molar-refractivity contribution in [2.45, 2.75) is 38.5 Å². The molecule has 0 aromatic heterocycles. The molecule has 130 valence electrons. The zero-order chi connectivity index (χ0) is 17.2. The fourth-order valence-corrected chi connectivity index (χ4v) is 3.88. The number of para-hydroxylation sites is 2. The Morgan fingerprint density at radius 2 is 1.56 bits per heavy atom. The summed E-state index contributed by atoms with van der Waals surface area (Å²) in [5, 5.41) is 2.88. The number of benzene rings is 2. The Kier molecular flexibility index (Phi) is 4.26. The summed E-state index contributed by atoms with van der Waals surface area (Å²) in [6.45, 7) is 0.894. The van der Waals surface area contributed by atoms with Crippen molar-refractivity contribution < 1.29 is 11.0 Å². The third-order valence-corrected chi connectivity index (χ3v) is 5.13. The van der Waals surface area contributed by atoms with Crippen molar-refractivity contribution in [2.24, 2.45) is 0 Å². The third-order valence-electron chi connectivity index (χ3n) is 5.13. The molecule has 3 aliphatic heterocycles. The molecular formula is C21H24N2O2. The van der Waals surface area contributed by atoms with Gasteiger partial charge >= 0.3 is 0 Å². The zero-order valence-electron chi connectivity index (χ0n) is 14.3. The molecule has 0 spiro atoms. The number of nitrogens with zero attached hydrogens (tertiary/aromatic N) is 1. The number of carbonyl (C=O) groups is 2. The molecule has 0 saturated heterocycles. The number of hydrogen-bond donors (Lipinski definition) is 1. The first kappa shape index (κ1) is 15.9. The summed E-state index contributed by atoms with van der Waals surface area (Å²) in [5.41, 5.74) is 6.17. The molecular weight excluding hydrogens is 312 g/mol. The van der Waals surface area contributed by atoms with Crippen molar-refractivity contribution in [3.05, 3.63) is 59.2 Å². The van der Waals surface area contributed by atoms with Crippen molar-refractivity contribution in [2.75, 3.05) is 16.8 Å². The summed E-state index contributed by atoms with van der Waals surface area (Å²) in [4.78, 5) is 24.6. The van der Waals surface area contributed by atoms with Gasteiger partial charge in [-0.15, -0.1) is 0 Å². The molecule has 0 bridgehead atoms. The van der Waals surface area contributed by atoms with Crippen LogP contribution < -0.4 is 10.2 Å². The molecule has 3 heterocycles. The highest BCUT2D eigenvalue weighted by Gasteiger charge is 2.30. The third kappa shape index (κ3) is 3.16. The predicted molar refractivity (Wildman–Crippen MR) is 101 cm³/mol. The van der Waals surface area contributed by atoms with Crippen LogP contribution in [0.15, 0.2) is 42.5 Å². The van der Waals surface area contributed by atoms with Crippen molar-refractivity contribution >= 4 is 23.2 Å². The van der Waals surface area contributed by atoms with E-state index in [9.17, 15) is 9.59 Å². The van der Waals surface area contributed by atoms with Crippen LogP contribution in [0.3, 0.4) is 0 Å². The van der Waals surface area contributed by atoms with E-state index in [-0.39, 0.29) is 7.33 Å². The number of aryl methyl sites for hydroxylation is 2. The Morgan fingerprint density at radius 3 is 2.44 bits per heavy atom. The average molecular weight is 336 g/mol. The van der Waals surface area contributed by atoms with E-state index in [1.165, 1.54) is 22.4 Å². The summed E-state index contributed by atoms with van der Waals surface area (Å²) in [6.07, 6.45) is 5.27.